The first-order valence-corrected chi connectivity index (χ1v) is 7.37. The number of carbonyl (C=O) groups is 1. The molecule has 0 amide bonds. The van der Waals surface area contributed by atoms with Crippen molar-refractivity contribution in [1.82, 2.24) is 10.2 Å². The second kappa shape index (κ2) is 7.25. The van der Waals surface area contributed by atoms with E-state index in [4.69, 9.17) is 4.74 Å². The molecule has 0 aromatic heterocycles. The van der Waals surface area contributed by atoms with E-state index >= 15 is 0 Å². The molecule has 0 spiro atoms. The molecule has 3 atom stereocenters. The number of ether oxygens (including phenoxy) is 1. The minimum Gasteiger partial charge on any atom is -0.469 e. The smallest absolute Gasteiger partial charge is 0.307 e. The van der Waals surface area contributed by atoms with E-state index in [1.54, 1.807) is 0 Å². The van der Waals surface area contributed by atoms with Gasteiger partial charge in [0.05, 0.1) is 13.5 Å². The van der Waals surface area contributed by atoms with Crippen LogP contribution >= 0.6 is 0 Å². The molecule has 19 heavy (non-hydrogen) atoms. The van der Waals surface area contributed by atoms with Crippen molar-refractivity contribution in [3.05, 3.63) is 0 Å². The molecule has 1 saturated carbocycles. The van der Waals surface area contributed by atoms with Crippen LogP contribution in [0, 0.1) is 5.92 Å². The highest BCUT2D eigenvalue weighted by Crippen LogP contribution is 2.35. The second-order valence-corrected chi connectivity index (χ2v) is 6.38. The first-order chi connectivity index (χ1) is 8.89. The first-order valence-electron chi connectivity index (χ1n) is 7.37. The van der Waals surface area contributed by atoms with Crippen LogP contribution in [0.25, 0.3) is 0 Å². The highest BCUT2D eigenvalue weighted by Gasteiger charge is 2.36. The normalized spacial score (nSPS) is 29.3. The molecule has 1 aliphatic rings. The number of hydrogen-bond acceptors (Lipinski definition) is 4. The maximum Gasteiger partial charge on any atom is 0.307 e. The summed E-state index contributed by atoms with van der Waals surface area (Å²) in [7, 11) is 5.79. The Labute approximate surface area is 117 Å². The van der Waals surface area contributed by atoms with Crippen LogP contribution in [0.4, 0.5) is 0 Å². The Morgan fingerprint density at radius 3 is 2.74 bits per heavy atom. The van der Waals surface area contributed by atoms with Crippen LogP contribution in [0.2, 0.25) is 0 Å². The van der Waals surface area contributed by atoms with E-state index in [2.05, 4.69) is 31.2 Å². The molecule has 1 aliphatic carbocycles. The van der Waals surface area contributed by atoms with E-state index in [9.17, 15) is 4.79 Å². The number of nitrogens with one attached hydrogen (secondary N) is 1. The number of nitrogens with zero attached hydrogens (tertiary/aromatic N) is 1. The molecule has 1 rings (SSSR count). The molecular formula is C15H30N2O2. The highest BCUT2D eigenvalue weighted by atomic mass is 16.5. The van der Waals surface area contributed by atoms with Crippen LogP contribution < -0.4 is 5.32 Å². The summed E-state index contributed by atoms with van der Waals surface area (Å²) in [4.78, 5) is 13.6. The zero-order valence-corrected chi connectivity index (χ0v) is 13.2. The quantitative estimate of drug-likeness (QED) is 0.750. The van der Waals surface area contributed by atoms with E-state index in [0.29, 0.717) is 6.42 Å². The van der Waals surface area contributed by atoms with Gasteiger partial charge in [0.2, 0.25) is 0 Å². The van der Waals surface area contributed by atoms with Gasteiger partial charge in [-0.3, -0.25) is 4.79 Å². The van der Waals surface area contributed by atoms with Crippen molar-refractivity contribution in [2.45, 2.75) is 57.5 Å². The van der Waals surface area contributed by atoms with Gasteiger partial charge in [0.15, 0.2) is 0 Å². The summed E-state index contributed by atoms with van der Waals surface area (Å²) in [6.07, 6.45) is 5.55. The standard InChI is InChI=1S/C15H30N2O2/c1-12-7-6-8-15(10-12,17(3)4)11-16-13(2)9-14(18)19-5/h12-13,16H,6-11H2,1-5H3. The van der Waals surface area contributed by atoms with Crippen molar-refractivity contribution >= 4 is 5.97 Å². The third-order valence-electron chi connectivity index (χ3n) is 4.50. The van der Waals surface area contributed by atoms with Gasteiger partial charge in [-0.2, -0.15) is 0 Å². The summed E-state index contributed by atoms with van der Waals surface area (Å²) in [5.41, 5.74) is 0.238. The zero-order chi connectivity index (χ0) is 14.5. The lowest BCUT2D eigenvalue weighted by Crippen LogP contribution is -2.55. The SMILES string of the molecule is COC(=O)CC(C)NCC1(N(C)C)CCCC(C)C1. The Balaban J connectivity index is 2.52. The van der Waals surface area contributed by atoms with Crippen LogP contribution in [-0.4, -0.2) is 50.2 Å². The molecular weight excluding hydrogens is 240 g/mol. The van der Waals surface area contributed by atoms with Crippen molar-refractivity contribution in [3.8, 4) is 0 Å². The van der Waals surface area contributed by atoms with E-state index in [0.717, 1.165) is 12.5 Å². The Hall–Kier alpha value is -0.610. The van der Waals surface area contributed by atoms with Crippen molar-refractivity contribution in [2.75, 3.05) is 27.7 Å². The Bertz CT molecular complexity index is 294. The molecule has 0 aliphatic heterocycles. The van der Waals surface area contributed by atoms with Crippen LogP contribution in [-0.2, 0) is 9.53 Å². The summed E-state index contributed by atoms with van der Waals surface area (Å²) in [5.74, 6) is 0.643. The van der Waals surface area contributed by atoms with E-state index in [1.807, 2.05) is 6.92 Å². The van der Waals surface area contributed by atoms with Gasteiger partial charge in [-0.05, 0) is 39.8 Å². The molecule has 1 fully saturated rings. The number of likely N-dealkylation sites (N-methyl/N-ethyl adjacent to an activating group) is 1. The minimum atomic E-state index is -0.143. The number of rotatable bonds is 6. The van der Waals surface area contributed by atoms with Crippen LogP contribution in [0.15, 0.2) is 0 Å². The summed E-state index contributed by atoms with van der Waals surface area (Å²) in [6, 6.07) is 0.168. The fourth-order valence-corrected chi connectivity index (χ4v) is 3.13. The molecule has 4 nitrogen and oxygen atoms in total. The number of hydrogen-bond donors (Lipinski definition) is 1. The van der Waals surface area contributed by atoms with Crippen molar-refractivity contribution in [1.29, 1.82) is 0 Å². The van der Waals surface area contributed by atoms with E-state index in [-0.39, 0.29) is 17.6 Å². The third kappa shape index (κ3) is 4.77. The van der Waals surface area contributed by atoms with Gasteiger partial charge in [-0.15, -0.1) is 0 Å². The molecule has 112 valence electrons. The third-order valence-corrected chi connectivity index (χ3v) is 4.50. The average molecular weight is 270 g/mol. The lowest BCUT2D eigenvalue weighted by Gasteiger charge is -2.46. The van der Waals surface area contributed by atoms with Crippen LogP contribution in [0.1, 0.15) is 46.0 Å². The van der Waals surface area contributed by atoms with Gasteiger partial charge in [-0.25, -0.2) is 0 Å². The van der Waals surface area contributed by atoms with Gasteiger partial charge in [0, 0.05) is 18.1 Å². The number of esters is 1. The van der Waals surface area contributed by atoms with E-state index < -0.39 is 0 Å². The molecule has 4 heteroatoms. The molecule has 0 aromatic carbocycles. The summed E-state index contributed by atoms with van der Waals surface area (Å²) >= 11 is 0. The Morgan fingerprint density at radius 1 is 1.53 bits per heavy atom. The number of carbonyl (C=O) groups excluding carboxylic acids is 1. The Morgan fingerprint density at radius 2 is 2.21 bits per heavy atom. The summed E-state index contributed by atoms with van der Waals surface area (Å²) in [5, 5.41) is 3.52. The highest BCUT2D eigenvalue weighted by molar-refractivity contribution is 5.69. The fourth-order valence-electron chi connectivity index (χ4n) is 3.13. The van der Waals surface area contributed by atoms with Crippen molar-refractivity contribution in [3.63, 3.8) is 0 Å². The van der Waals surface area contributed by atoms with Crippen molar-refractivity contribution < 1.29 is 9.53 Å². The van der Waals surface area contributed by atoms with Gasteiger partial charge < -0.3 is 15.0 Å². The average Bonchev–Trinajstić information content (AvgIpc) is 2.36. The number of methoxy groups -OCH3 is 1. The predicted molar refractivity (Wildman–Crippen MR) is 78.1 cm³/mol. The summed E-state index contributed by atoms with van der Waals surface area (Å²) < 4.78 is 4.71. The van der Waals surface area contributed by atoms with Crippen LogP contribution in [0.3, 0.4) is 0 Å². The molecule has 0 heterocycles. The largest absolute Gasteiger partial charge is 0.469 e. The first kappa shape index (κ1) is 16.4. The summed E-state index contributed by atoms with van der Waals surface area (Å²) in [6.45, 7) is 5.34. The van der Waals surface area contributed by atoms with Gasteiger partial charge in [-0.1, -0.05) is 19.8 Å². The monoisotopic (exact) mass is 270 g/mol. The van der Waals surface area contributed by atoms with Gasteiger partial charge in [0.25, 0.3) is 0 Å². The lowest BCUT2D eigenvalue weighted by atomic mass is 9.75. The second-order valence-electron chi connectivity index (χ2n) is 6.38. The molecule has 0 saturated heterocycles. The molecule has 0 radical (unpaired) electrons. The van der Waals surface area contributed by atoms with E-state index in [1.165, 1.54) is 32.8 Å². The minimum absolute atomic E-state index is 0.143. The Kier molecular flexibility index (Phi) is 6.27. The maximum absolute atomic E-state index is 11.3. The molecule has 3 unspecified atom stereocenters. The predicted octanol–water partition coefficient (Wildman–Crippen LogP) is 2.04. The zero-order valence-electron chi connectivity index (χ0n) is 13.2. The fraction of sp³-hybridized carbons (Fsp3) is 0.933. The maximum atomic E-state index is 11.3. The lowest BCUT2D eigenvalue weighted by molar-refractivity contribution is -0.141. The molecule has 0 aromatic rings. The van der Waals surface area contributed by atoms with Gasteiger partial charge >= 0.3 is 5.97 Å². The van der Waals surface area contributed by atoms with Gasteiger partial charge in [0.1, 0.15) is 0 Å². The molecule has 1 N–H and O–H groups in total. The topological polar surface area (TPSA) is 41.6 Å². The van der Waals surface area contributed by atoms with Crippen LogP contribution in [0.5, 0.6) is 0 Å². The molecule has 0 bridgehead atoms. The van der Waals surface area contributed by atoms with Crippen molar-refractivity contribution in [2.24, 2.45) is 5.92 Å².